The van der Waals surface area contributed by atoms with Gasteiger partial charge in [-0.1, -0.05) is 101 Å². The van der Waals surface area contributed by atoms with Crippen molar-refractivity contribution in [2.24, 2.45) is 5.73 Å². The minimum atomic E-state index is -0.616. The highest BCUT2D eigenvalue weighted by molar-refractivity contribution is 8.08. The summed E-state index contributed by atoms with van der Waals surface area (Å²) in [5.74, 6) is 0.244. The molecule has 0 aliphatic rings. The van der Waals surface area contributed by atoms with Gasteiger partial charge in [0.25, 0.3) is 0 Å². The average Bonchev–Trinajstić information content (AvgIpc) is 2.91. The van der Waals surface area contributed by atoms with Gasteiger partial charge >= 0.3 is 5.97 Å². The van der Waals surface area contributed by atoms with E-state index in [0.717, 1.165) is 16.8 Å². The Morgan fingerprint density at radius 3 is 2.03 bits per heavy atom. The first-order valence-corrected chi connectivity index (χ1v) is 12.7. The number of allylic oxidation sites excluding steroid dienone is 6. The Kier molecular flexibility index (Phi) is 41.0. The molecule has 1 aromatic rings. The molecule has 1 atom stereocenters. The fourth-order valence-electron chi connectivity index (χ4n) is 1.66. The van der Waals surface area contributed by atoms with Gasteiger partial charge in [0.1, 0.15) is 6.29 Å². The Morgan fingerprint density at radius 1 is 1.06 bits per heavy atom. The predicted molar refractivity (Wildman–Crippen MR) is 153 cm³/mol. The lowest BCUT2D eigenvalue weighted by molar-refractivity contribution is -0.139. The van der Waals surface area contributed by atoms with Crippen molar-refractivity contribution in [3.05, 3.63) is 78.4 Å². The van der Waals surface area contributed by atoms with E-state index < -0.39 is 6.29 Å². The van der Waals surface area contributed by atoms with Crippen LogP contribution in [0.2, 0.25) is 0 Å². The third-order valence-electron chi connectivity index (χ3n) is 3.21. The van der Waals surface area contributed by atoms with Gasteiger partial charge in [-0.15, -0.1) is 11.8 Å². The van der Waals surface area contributed by atoms with E-state index >= 15 is 0 Å². The number of ether oxygens (including phenoxy) is 2. The zero-order valence-corrected chi connectivity index (χ0v) is 23.6. The molecule has 0 aliphatic carbocycles. The minimum Gasteiger partial charge on any atom is -0.469 e. The molecule has 1 unspecified atom stereocenters. The fourth-order valence-corrected chi connectivity index (χ4v) is 2.35. The summed E-state index contributed by atoms with van der Waals surface area (Å²) in [5.41, 5.74) is 6.58. The van der Waals surface area contributed by atoms with E-state index in [1.807, 2.05) is 107 Å². The zero-order chi connectivity index (χ0) is 27.7. The molecule has 0 aliphatic heterocycles. The first-order valence-electron chi connectivity index (χ1n) is 11.7. The molecule has 0 heterocycles. The van der Waals surface area contributed by atoms with Crippen LogP contribution in [-0.2, 0) is 19.1 Å². The van der Waals surface area contributed by atoms with Gasteiger partial charge in [0, 0.05) is 24.3 Å². The van der Waals surface area contributed by atoms with Crippen LogP contribution >= 0.6 is 11.8 Å². The number of thioether (sulfide) groups is 1. The first-order chi connectivity index (χ1) is 17.0. The van der Waals surface area contributed by atoms with Crippen LogP contribution in [-0.4, -0.2) is 43.7 Å². The maximum absolute atomic E-state index is 11.0. The van der Waals surface area contributed by atoms with Crippen molar-refractivity contribution >= 4 is 28.9 Å². The van der Waals surface area contributed by atoms with Gasteiger partial charge in [-0.2, -0.15) is 0 Å². The second kappa shape index (κ2) is 36.1. The number of hydrogen-bond acceptors (Lipinski definition) is 7. The Labute approximate surface area is 218 Å². The Morgan fingerprint density at radius 2 is 1.60 bits per heavy atom. The summed E-state index contributed by atoms with van der Waals surface area (Å²) in [6, 6.07) is 9.85. The van der Waals surface area contributed by atoms with Crippen LogP contribution in [0.15, 0.2) is 72.9 Å². The molecule has 0 aromatic heterocycles. The molecule has 0 saturated heterocycles. The Bertz CT molecular complexity index is 684. The van der Waals surface area contributed by atoms with E-state index in [9.17, 15) is 9.59 Å². The van der Waals surface area contributed by atoms with Crippen LogP contribution in [0.5, 0.6) is 0 Å². The molecule has 6 nitrogen and oxygen atoms in total. The quantitative estimate of drug-likeness (QED) is 0.160. The topological polar surface area (TPSA) is 98.8 Å². The number of carbonyl (C=O) groups is 2. The van der Waals surface area contributed by atoms with Crippen LogP contribution in [0.4, 0.5) is 0 Å². The van der Waals surface area contributed by atoms with Gasteiger partial charge in [-0.05, 0) is 19.4 Å². The number of methoxy groups -OCH3 is 2. The molecule has 0 fully saturated rings. The lowest BCUT2D eigenvalue weighted by Gasteiger charge is -2.05. The number of benzene rings is 1. The van der Waals surface area contributed by atoms with Crippen LogP contribution in [0.1, 0.15) is 59.9 Å². The third kappa shape index (κ3) is 33.8. The summed E-state index contributed by atoms with van der Waals surface area (Å²) >= 11 is 1.51. The number of hydrogen-bond donors (Lipinski definition) is 2. The molecule has 3 N–H and O–H groups in total. The summed E-state index contributed by atoms with van der Waals surface area (Å²) in [5, 5.41) is 8.14. The van der Waals surface area contributed by atoms with Gasteiger partial charge in [0.15, 0.2) is 6.29 Å². The van der Waals surface area contributed by atoms with Gasteiger partial charge in [0.2, 0.25) is 0 Å². The highest BCUT2D eigenvalue weighted by atomic mass is 32.2. The SMILES string of the molecule is CC.CC.COC(=O)C/C=C(\SCN)c1ccccc1.COC(C)O.C\C=C/C=C\C=C\CC=O. The average molecular weight is 510 g/mol. The lowest BCUT2D eigenvalue weighted by atomic mass is 10.2. The van der Waals surface area contributed by atoms with E-state index in [4.69, 9.17) is 10.8 Å². The molecule has 35 heavy (non-hydrogen) atoms. The second-order valence-corrected chi connectivity index (χ2v) is 6.66. The lowest BCUT2D eigenvalue weighted by Crippen LogP contribution is -1.99. The molecular weight excluding hydrogens is 462 g/mol. The van der Waals surface area contributed by atoms with Crippen molar-refractivity contribution in [3.8, 4) is 0 Å². The minimum absolute atomic E-state index is 0.244. The summed E-state index contributed by atoms with van der Waals surface area (Å²) in [6.07, 6.45) is 14.2. The van der Waals surface area contributed by atoms with Crippen LogP contribution in [0, 0.1) is 0 Å². The Balaban J connectivity index is -0.000000216. The number of rotatable bonds is 10. The second-order valence-electron chi connectivity index (χ2n) is 5.60. The molecule has 0 spiro atoms. The van der Waals surface area contributed by atoms with E-state index in [2.05, 4.69) is 9.47 Å². The van der Waals surface area contributed by atoms with Crippen molar-refractivity contribution in [1.82, 2.24) is 0 Å². The zero-order valence-electron chi connectivity index (χ0n) is 22.8. The summed E-state index contributed by atoms with van der Waals surface area (Å²) in [7, 11) is 2.83. The van der Waals surface area contributed by atoms with Gasteiger partial charge < -0.3 is 25.1 Å². The maximum Gasteiger partial charge on any atom is 0.309 e. The summed E-state index contributed by atoms with van der Waals surface area (Å²) in [4.78, 5) is 21.9. The summed E-state index contributed by atoms with van der Waals surface area (Å²) in [6.45, 7) is 11.5. The van der Waals surface area contributed by atoms with Crippen molar-refractivity contribution in [2.75, 3.05) is 20.1 Å². The standard InChI is InChI=1S/C12H15NO2S.C9H12O.C3H8O2.2C2H6/c1-15-12(14)8-7-11(16-9-13)10-5-3-2-4-6-10;1-2-3-4-5-6-7-8-9-10;1-3(4)5-2;2*1-2/h2-7H,8-9,13H2,1H3;2-7,9H,8H2,1H3;3-4H,1-2H3;2*1-2H3/b11-7-;3-2-,5-4-,7-6+;;;. The van der Waals surface area contributed by atoms with Gasteiger partial charge in [-0.25, -0.2) is 0 Å². The molecular formula is C28H47NO5S. The van der Waals surface area contributed by atoms with E-state index in [-0.39, 0.29) is 12.4 Å². The molecule has 0 saturated carbocycles. The maximum atomic E-state index is 11.0. The van der Waals surface area contributed by atoms with E-state index in [1.165, 1.54) is 26.0 Å². The number of aliphatic hydroxyl groups is 1. The smallest absolute Gasteiger partial charge is 0.309 e. The van der Waals surface area contributed by atoms with E-state index in [0.29, 0.717) is 12.3 Å². The van der Waals surface area contributed by atoms with Gasteiger partial charge in [0.05, 0.1) is 13.5 Å². The molecule has 0 radical (unpaired) electrons. The number of esters is 1. The molecule has 0 amide bonds. The number of aliphatic hydroxyl groups excluding tert-OH is 1. The van der Waals surface area contributed by atoms with Crippen LogP contribution in [0.25, 0.3) is 4.91 Å². The third-order valence-corrected chi connectivity index (χ3v) is 4.09. The van der Waals surface area contributed by atoms with Crippen LogP contribution in [0.3, 0.4) is 0 Å². The van der Waals surface area contributed by atoms with Crippen molar-refractivity contribution in [2.45, 2.75) is 60.7 Å². The molecule has 0 bridgehead atoms. The molecule has 7 heteroatoms. The monoisotopic (exact) mass is 509 g/mol. The van der Waals surface area contributed by atoms with Crippen molar-refractivity contribution in [1.29, 1.82) is 0 Å². The van der Waals surface area contributed by atoms with Crippen LogP contribution < -0.4 is 5.73 Å². The van der Waals surface area contributed by atoms with Crippen molar-refractivity contribution in [3.63, 3.8) is 0 Å². The predicted octanol–water partition coefficient (Wildman–Crippen LogP) is 6.53. The normalized spacial score (nSPS) is 11.1. The van der Waals surface area contributed by atoms with E-state index in [1.54, 1.807) is 6.92 Å². The fraction of sp³-hybridized carbons (Fsp3) is 0.429. The molecule has 1 rings (SSSR count). The largest absolute Gasteiger partial charge is 0.469 e. The number of nitrogens with two attached hydrogens (primary N) is 1. The highest BCUT2D eigenvalue weighted by Gasteiger charge is 2.03. The molecule has 1 aromatic carbocycles. The molecule has 200 valence electrons. The van der Waals surface area contributed by atoms with Crippen molar-refractivity contribution < 1.29 is 24.2 Å². The van der Waals surface area contributed by atoms with Gasteiger partial charge in [-0.3, -0.25) is 4.79 Å². The highest BCUT2D eigenvalue weighted by Crippen LogP contribution is 2.26. The first kappa shape index (κ1) is 39.8. The number of carbonyl (C=O) groups excluding carboxylic acids is 2. The number of aldehydes is 1. The Hall–Kier alpha value is -2.45. The summed E-state index contributed by atoms with van der Waals surface area (Å²) < 4.78 is 8.90.